The van der Waals surface area contributed by atoms with Crippen LogP contribution in [0.2, 0.25) is 0 Å². The highest BCUT2D eigenvalue weighted by Crippen LogP contribution is 2.31. The number of amides is 1. The van der Waals surface area contributed by atoms with Gasteiger partial charge in [0.2, 0.25) is 22.7 Å². The number of carbonyl (C=O) groups is 1. The number of anilines is 1. The lowest BCUT2D eigenvalue weighted by atomic mass is 9.97. The van der Waals surface area contributed by atoms with Crippen LogP contribution in [-0.2, 0) is 15.7 Å². The van der Waals surface area contributed by atoms with Crippen molar-refractivity contribution in [2.75, 3.05) is 17.4 Å². The van der Waals surface area contributed by atoms with E-state index in [9.17, 15) is 27.8 Å². The molecule has 9 nitrogen and oxygen atoms in total. The van der Waals surface area contributed by atoms with E-state index in [4.69, 9.17) is 0 Å². The van der Waals surface area contributed by atoms with Crippen LogP contribution in [0.5, 0.6) is 0 Å². The Bertz CT molecular complexity index is 1130. The molecule has 1 heterocycles. The summed E-state index contributed by atoms with van der Waals surface area (Å²) in [5, 5.41) is 23.5. The van der Waals surface area contributed by atoms with Gasteiger partial charge in [-0.15, -0.1) is 0 Å². The van der Waals surface area contributed by atoms with E-state index < -0.39 is 28.9 Å². The lowest BCUT2D eigenvalue weighted by molar-refractivity contribution is -0.123. The molecule has 2 atom stereocenters. The predicted molar refractivity (Wildman–Crippen MR) is 143 cm³/mol. The number of aliphatic hydroxyl groups is 2. The second-order valence-corrected chi connectivity index (χ2v) is 9.97. The van der Waals surface area contributed by atoms with Crippen LogP contribution in [0.1, 0.15) is 70.6 Å². The number of nitrogens with zero attached hydrogens (tertiary/aromatic N) is 3. The molecule has 0 aliphatic carbocycles. The normalized spacial score (nSPS) is 13.3. The summed E-state index contributed by atoms with van der Waals surface area (Å²) in [5.41, 5.74) is 2.00. The van der Waals surface area contributed by atoms with Gasteiger partial charge in [-0.2, -0.15) is 0 Å². The molecule has 0 spiro atoms. The smallest absolute Gasteiger partial charge is 0.239 e. The van der Waals surface area contributed by atoms with Gasteiger partial charge in [-0.25, -0.2) is 27.1 Å². The molecule has 0 fully saturated rings. The number of aliphatic hydroxyl groups excluding tert-OH is 2. The first-order valence-electron chi connectivity index (χ1n) is 12.5. The Morgan fingerprint density at radius 2 is 1.84 bits per heavy atom. The monoisotopic (exact) mass is 536 g/mol. The van der Waals surface area contributed by atoms with Crippen LogP contribution in [0, 0.1) is 5.82 Å². The highest BCUT2D eigenvalue weighted by atomic mass is 32.2. The third-order valence-electron chi connectivity index (χ3n) is 5.63. The molecular formula is C26H37FN4O5S. The highest BCUT2D eigenvalue weighted by Gasteiger charge is 2.21. The first-order chi connectivity index (χ1) is 17.6. The molecule has 0 bridgehead atoms. The minimum absolute atomic E-state index is 0.00356. The Kier molecular flexibility index (Phi) is 12.1. The Morgan fingerprint density at radius 3 is 2.41 bits per heavy atom. The Labute approximate surface area is 219 Å². The molecule has 1 aromatic heterocycles. The summed E-state index contributed by atoms with van der Waals surface area (Å²) in [7, 11) is -2.98. The van der Waals surface area contributed by atoms with Crippen molar-refractivity contribution in [3.05, 3.63) is 47.4 Å². The second-order valence-electron chi connectivity index (χ2n) is 9.01. The van der Waals surface area contributed by atoms with Gasteiger partial charge in [0.05, 0.1) is 30.0 Å². The fraction of sp³-hybridized carbons (Fsp3) is 0.500. The minimum atomic E-state index is -2.98. The number of rotatable bonds is 14. The molecule has 0 unspecified atom stereocenters. The van der Waals surface area contributed by atoms with E-state index in [0.717, 1.165) is 17.1 Å². The standard InChI is InChI=1S/C26H37FN4O5S/c1-5-7-14-28-23(34)16-21(33)15-20(32)12-13-22-24(17(3)4)29-26(31(6-2)37(35)36)30-25(22)18-8-10-19(27)11-9-18/h8-13,17,20-21,32-33,37H,5-7,14-16H2,1-4H3,(H,28,34)/b13-12+/t20-,21-/m1/s1. The molecule has 37 heavy (non-hydrogen) atoms. The number of hydrogen-bond donors (Lipinski definition) is 4. The van der Waals surface area contributed by atoms with Crippen molar-refractivity contribution in [1.29, 1.82) is 0 Å². The van der Waals surface area contributed by atoms with E-state index in [1.165, 1.54) is 30.3 Å². The molecule has 1 amide bonds. The number of unbranched alkanes of at least 4 members (excludes halogenated alkanes) is 1. The van der Waals surface area contributed by atoms with Crippen molar-refractivity contribution in [2.24, 2.45) is 0 Å². The van der Waals surface area contributed by atoms with Crippen LogP contribution in [0.15, 0.2) is 30.3 Å². The molecule has 0 saturated carbocycles. The van der Waals surface area contributed by atoms with Crippen LogP contribution in [-0.4, -0.2) is 59.8 Å². The van der Waals surface area contributed by atoms with Crippen LogP contribution < -0.4 is 9.62 Å². The van der Waals surface area contributed by atoms with Gasteiger partial charge >= 0.3 is 0 Å². The third-order valence-corrected chi connectivity index (χ3v) is 6.48. The summed E-state index contributed by atoms with van der Waals surface area (Å²) < 4.78 is 38.2. The molecule has 0 aliphatic heterocycles. The van der Waals surface area contributed by atoms with Crippen molar-refractivity contribution in [3.8, 4) is 11.3 Å². The van der Waals surface area contributed by atoms with Crippen LogP contribution in [0.3, 0.4) is 0 Å². The fourth-order valence-electron chi connectivity index (χ4n) is 3.69. The number of aromatic nitrogens is 2. The van der Waals surface area contributed by atoms with Crippen LogP contribution in [0.4, 0.5) is 10.3 Å². The zero-order chi connectivity index (χ0) is 27.5. The molecule has 2 aromatic rings. The number of benzene rings is 1. The van der Waals surface area contributed by atoms with Crippen molar-refractivity contribution in [1.82, 2.24) is 15.3 Å². The molecule has 204 valence electrons. The largest absolute Gasteiger partial charge is 0.392 e. The number of hydrogen-bond acceptors (Lipinski definition) is 7. The average molecular weight is 537 g/mol. The topological polar surface area (TPSA) is 133 Å². The zero-order valence-corrected chi connectivity index (χ0v) is 22.6. The van der Waals surface area contributed by atoms with E-state index >= 15 is 0 Å². The maximum atomic E-state index is 13.6. The van der Waals surface area contributed by atoms with E-state index in [1.54, 1.807) is 13.0 Å². The average Bonchev–Trinajstić information content (AvgIpc) is 2.83. The predicted octanol–water partition coefficient (Wildman–Crippen LogP) is 3.19. The summed E-state index contributed by atoms with van der Waals surface area (Å²) in [6.45, 7) is 8.14. The van der Waals surface area contributed by atoms with Crippen molar-refractivity contribution >= 4 is 28.8 Å². The summed E-state index contributed by atoms with van der Waals surface area (Å²) in [5.74, 6) is -0.846. The third kappa shape index (κ3) is 9.17. The zero-order valence-electron chi connectivity index (χ0n) is 21.7. The SMILES string of the molecule is CCCCNC(=O)C[C@H](O)C[C@H](O)/C=C/c1c(-c2ccc(F)cc2)nc(N(CC)[SH](=O)=O)nc1C(C)C. The lowest BCUT2D eigenvalue weighted by Gasteiger charge is -2.20. The van der Waals surface area contributed by atoms with Crippen molar-refractivity contribution in [3.63, 3.8) is 0 Å². The van der Waals surface area contributed by atoms with Gasteiger partial charge in [0, 0.05) is 30.6 Å². The fourth-order valence-corrected chi connectivity index (χ4v) is 4.16. The van der Waals surface area contributed by atoms with Crippen LogP contribution in [0.25, 0.3) is 17.3 Å². The molecule has 11 heteroatoms. The molecule has 0 aliphatic rings. The number of halogens is 1. The number of nitrogens with one attached hydrogen (secondary N) is 1. The molecule has 2 rings (SSSR count). The van der Waals surface area contributed by atoms with Gasteiger partial charge in [0.25, 0.3) is 0 Å². The molecule has 0 radical (unpaired) electrons. The van der Waals surface area contributed by atoms with Crippen molar-refractivity contribution in [2.45, 2.75) is 71.5 Å². The molecule has 3 N–H and O–H groups in total. The minimum Gasteiger partial charge on any atom is -0.392 e. The van der Waals surface area contributed by atoms with E-state index in [1.807, 2.05) is 20.8 Å². The summed E-state index contributed by atoms with van der Waals surface area (Å²) in [6.07, 6.45) is 2.61. The number of carbonyl (C=O) groups excluding carboxylic acids is 1. The summed E-state index contributed by atoms with van der Waals surface area (Å²) in [6, 6.07) is 5.63. The van der Waals surface area contributed by atoms with Gasteiger partial charge in [-0.05, 0) is 43.5 Å². The summed E-state index contributed by atoms with van der Waals surface area (Å²) in [4.78, 5) is 20.9. The van der Waals surface area contributed by atoms with Crippen LogP contribution >= 0.6 is 0 Å². The Hall–Kier alpha value is -2.89. The van der Waals surface area contributed by atoms with Gasteiger partial charge in [-0.3, -0.25) is 4.79 Å². The van der Waals surface area contributed by atoms with Gasteiger partial charge in [0.15, 0.2) is 0 Å². The summed E-state index contributed by atoms with van der Waals surface area (Å²) >= 11 is 0. The molecule has 1 aromatic carbocycles. The van der Waals surface area contributed by atoms with Crippen molar-refractivity contribution < 1.29 is 27.8 Å². The molecular weight excluding hydrogens is 499 g/mol. The quantitative estimate of drug-likeness (QED) is 0.215. The van der Waals surface area contributed by atoms with E-state index in [2.05, 4.69) is 15.3 Å². The van der Waals surface area contributed by atoms with E-state index in [-0.39, 0.29) is 37.2 Å². The van der Waals surface area contributed by atoms with Gasteiger partial charge in [-0.1, -0.05) is 39.3 Å². The lowest BCUT2D eigenvalue weighted by Crippen LogP contribution is -2.29. The second kappa shape index (κ2) is 14.7. The molecule has 0 saturated heterocycles. The van der Waals surface area contributed by atoms with E-state index in [0.29, 0.717) is 29.1 Å². The maximum Gasteiger partial charge on any atom is 0.239 e. The number of thiol groups is 1. The van der Waals surface area contributed by atoms with Gasteiger partial charge in [0.1, 0.15) is 5.82 Å². The first kappa shape index (κ1) is 30.3. The Morgan fingerprint density at radius 1 is 1.16 bits per heavy atom. The Balaban J connectivity index is 2.40. The highest BCUT2D eigenvalue weighted by molar-refractivity contribution is 7.74. The maximum absolute atomic E-state index is 13.6. The van der Waals surface area contributed by atoms with Gasteiger partial charge < -0.3 is 15.5 Å². The first-order valence-corrected chi connectivity index (χ1v) is 13.6.